The SMILES string of the molecule is COc1ccc2c(c1C(=O)O)OB(O)[C@@H](Sc1cncs1)C2. The Bertz CT molecular complexity index is 694. The molecule has 0 aliphatic carbocycles. The fourth-order valence-electron chi connectivity index (χ4n) is 2.30. The molecule has 0 unspecified atom stereocenters. The zero-order chi connectivity index (χ0) is 15.7. The van der Waals surface area contributed by atoms with Crippen LogP contribution in [0, 0.1) is 0 Å². The lowest BCUT2D eigenvalue weighted by Gasteiger charge is -2.28. The van der Waals surface area contributed by atoms with Crippen molar-refractivity contribution in [2.45, 2.75) is 15.8 Å². The highest BCUT2D eigenvalue weighted by atomic mass is 32.2. The number of carboxylic acids is 1. The molecule has 0 saturated carbocycles. The molecule has 1 aliphatic heterocycles. The average Bonchev–Trinajstić information content (AvgIpc) is 2.99. The van der Waals surface area contributed by atoms with Gasteiger partial charge in [0, 0.05) is 0 Å². The Kier molecular flexibility index (Phi) is 4.28. The van der Waals surface area contributed by atoms with E-state index in [9.17, 15) is 14.9 Å². The number of rotatable bonds is 4. The van der Waals surface area contributed by atoms with Gasteiger partial charge in [0.2, 0.25) is 0 Å². The number of aromatic nitrogens is 1. The minimum atomic E-state index is -1.14. The number of hydrogen-bond acceptors (Lipinski definition) is 7. The lowest BCUT2D eigenvalue weighted by Crippen LogP contribution is -2.40. The summed E-state index contributed by atoms with van der Waals surface area (Å²) >= 11 is 2.95. The fraction of sp³-hybridized carbons (Fsp3) is 0.231. The maximum Gasteiger partial charge on any atom is 0.537 e. The zero-order valence-electron chi connectivity index (χ0n) is 11.6. The molecule has 0 radical (unpaired) electrons. The lowest BCUT2D eigenvalue weighted by atomic mass is 9.77. The molecule has 2 heterocycles. The number of ether oxygens (including phenoxy) is 1. The van der Waals surface area contributed by atoms with E-state index in [1.165, 1.54) is 30.2 Å². The molecule has 1 aliphatic rings. The summed E-state index contributed by atoms with van der Waals surface area (Å²) in [6.45, 7) is 0. The Morgan fingerprint density at radius 1 is 1.59 bits per heavy atom. The third-order valence-electron chi connectivity index (χ3n) is 3.29. The van der Waals surface area contributed by atoms with Crippen molar-refractivity contribution < 1.29 is 24.3 Å². The molecule has 3 rings (SSSR count). The summed E-state index contributed by atoms with van der Waals surface area (Å²) in [7, 11) is 0.306. The number of carbonyl (C=O) groups is 1. The van der Waals surface area contributed by atoms with Gasteiger partial charge in [0.15, 0.2) is 0 Å². The number of thiazole rings is 1. The van der Waals surface area contributed by atoms with Crippen molar-refractivity contribution in [3.63, 3.8) is 0 Å². The van der Waals surface area contributed by atoms with Gasteiger partial charge in [0.25, 0.3) is 0 Å². The minimum Gasteiger partial charge on any atom is -0.534 e. The first-order chi connectivity index (χ1) is 10.6. The quantitative estimate of drug-likeness (QED) is 0.825. The molecular formula is C13H12BNO5S2. The van der Waals surface area contributed by atoms with Gasteiger partial charge in [-0.25, -0.2) is 4.79 Å². The number of methoxy groups -OCH3 is 1. The van der Waals surface area contributed by atoms with Crippen molar-refractivity contribution in [2.75, 3.05) is 7.11 Å². The highest BCUT2D eigenvalue weighted by Crippen LogP contribution is 2.40. The standard InChI is InChI=1S/C13H12BNO5S2/c1-19-8-3-2-7-4-9(22-10-5-15-6-21-10)14(18)20-12(7)11(8)13(16)17/h2-3,5-6,9,18H,4H2,1H3,(H,16,17)/t9-/m0/s1. The van der Waals surface area contributed by atoms with E-state index in [1.54, 1.807) is 23.8 Å². The molecule has 9 heteroatoms. The van der Waals surface area contributed by atoms with Crippen molar-refractivity contribution in [3.8, 4) is 11.5 Å². The van der Waals surface area contributed by atoms with Gasteiger partial charge >= 0.3 is 13.1 Å². The summed E-state index contributed by atoms with van der Waals surface area (Å²) in [6, 6.07) is 3.38. The number of fused-ring (bicyclic) bond motifs is 1. The van der Waals surface area contributed by atoms with Gasteiger partial charge < -0.3 is 19.5 Å². The van der Waals surface area contributed by atoms with Gasteiger partial charge in [0.1, 0.15) is 17.1 Å². The summed E-state index contributed by atoms with van der Waals surface area (Å²) in [5, 5.41) is 19.3. The monoisotopic (exact) mass is 337 g/mol. The summed E-state index contributed by atoms with van der Waals surface area (Å²) < 4.78 is 11.5. The number of benzene rings is 1. The molecule has 1 atom stereocenters. The number of aromatic carboxylic acids is 1. The molecule has 0 bridgehead atoms. The Morgan fingerprint density at radius 2 is 2.41 bits per heavy atom. The maximum absolute atomic E-state index is 11.4. The molecular weight excluding hydrogens is 325 g/mol. The average molecular weight is 337 g/mol. The topological polar surface area (TPSA) is 88.9 Å². The van der Waals surface area contributed by atoms with Crippen molar-refractivity contribution in [3.05, 3.63) is 35.0 Å². The van der Waals surface area contributed by atoms with Crippen LogP contribution in [0.1, 0.15) is 15.9 Å². The highest BCUT2D eigenvalue weighted by molar-refractivity contribution is 8.03. The second-order valence-electron chi connectivity index (χ2n) is 4.63. The zero-order valence-corrected chi connectivity index (χ0v) is 13.2. The van der Waals surface area contributed by atoms with Crippen molar-refractivity contribution >= 4 is 36.2 Å². The highest BCUT2D eigenvalue weighted by Gasteiger charge is 2.38. The van der Waals surface area contributed by atoms with E-state index >= 15 is 0 Å². The van der Waals surface area contributed by atoms with Crippen LogP contribution in [0.5, 0.6) is 11.5 Å². The van der Waals surface area contributed by atoms with Crippen LogP contribution in [-0.4, -0.2) is 40.5 Å². The normalized spacial score (nSPS) is 16.8. The molecule has 0 amide bonds. The summed E-state index contributed by atoms with van der Waals surface area (Å²) in [4.78, 5) is 15.4. The first kappa shape index (κ1) is 15.2. The van der Waals surface area contributed by atoms with Crippen LogP contribution in [0.4, 0.5) is 0 Å². The second kappa shape index (κ2) is 6.19. The fourth-order valence-corrected chi connectivity index (χ4v) is 4.23. The van der Waals surface area contributed by atoms with Gasteiger partial charge in [-0.05, 0) is 18.1 Å². The molecule has 114 valence electrons. The minimum absolute atomic E-state index is 0.0553. The predicted octanol–water partition coefficient (Wildman–Crippen LogP) is 1.97. The number of hydrogen-bond donors (Lipinski definition) is 2. The van der Waals surface area contributed by atoms with E-state index in [2.05, 4.69) is 4.98 Å². The molecule has 22 heavy (non-hydrogen) atoms. The summed E-state index contributed by atoms with van der Waals surface area (Å²) in [5.41, 5.74) is 2.41. The molecule has 1 aromatic carbocycles. The molecule has 0 saturated heterocycles. The van der Waals surface area contributed by atoms with Gasteiger partial charge in [-0.3, -0.25) is 4.98 Å². The molecule has 0 spiro atoms. The van der Waals surface area contributed by atoms with E-state index < -0.39 is 13.1 Å². The maximum atomic E-state index is 11.4. The molecule has 1 aromatic heterocycles. The van der Waals surface area contributed by atoms with Crippen LogP contribution in [-0.2, 0) is 6.42 Å². The number of nitrogens with zero attached hydrogens (tertiary/aromatic N) is 1. The van der Waals surface area contributed by atoms with Crippen LogP contribution < -0.4 is 9.39 Å². The van der Waals surface area contributed by atoms with E-state index in [0.717, 1.165) is 9.77 Å². The van der Waals surface area contributed by atoms with Crippen LogP contribution in [0.3, 0.4) is 0 Å². The third kappa shape index (κ3) is 2.79. The lowest BCUT2D eigenvalue weighted by molar-refractivity contribution is 0.0690. The molecule has 2 aromatic rings. The number of carboxylic acid groups (broad SMARTS) is 1. The summed E-state index contributed by atoms with van der Waals surface area (Å²) in [6.07, 6.45) is 2.23. The van der Waals surface area contributed by atoms with Crippen LogP contribution >= 0.6 is 23.1 Å². The first-order valence-corrected chi connectivity index (χ1v) is 8.19. The van der Waals surface area contributed by atoms with E-state index in [-0.39, 0.29) is 22.2 Å². The third-order valence-corrected chi connectivity index (χ3v) is 5.47. The Morgan fingerprint density at radius 3 is 3.05 bits per heavy atom. The van der Waals surface area contributed by atoms with Crippen LogP contribution in [0.2, 0.25) is 0 Å². The smallest absolute Gasteiger partial charge is 0.534 e. The first-order valence-electron chi connectivity index (χ1n) is 6.43. The van der Waals surface area contributed by atoms with Gasteiger partial charge in [-0.2, -0.15) is 0 Å². The van der Waals surface area contributed by atoms with Gasteiger partial charge in [0.05, 0.1) is 28.2 Å². The van der Waals surface area contributed by atoms with E-state index in [4.69, 9.17) is 9.39 Å². The molecule has 0 fully saturated rings. The Balaban J connectivity index is 1.93. The largest absolute Gasteiger partial charge is 0.537 e. The van der Waals surface area contributed by atoms with E-state index in [0.29, 0.717) is 6.42 Å². The van der Waals surface area contributed by atoms with Crippen LogP contribution in [0.15, 0.2) is 28.0 Å². The van der Waals surface area contributed by atoms with Gasteiger partial charge in [-0.1, -0.05) is 6.07 Å². The molecule has 2 N–H and O–H groups in total. The van der Waals surface area contributed by atoms with Crippen LogP contribution in [0.25, 0.3) is 0 Å². The van der Waals surface area contributed by atoms with Crippen molar-refractivity contribution in [1.29, 1.82) is 0 Å². The number of thioether (sulfide) groups is 1. The van der Waals surface area contributed by atoms with Crippen molar-refractivity contribution in [2.24, 2.45) is 0 Å². The Hall–Kier alpha value is -1.71. The van der Waals surface area contributed by atoms with E-state index in [1.807, 2.05) is 0 Å². The predicted molar refractivity (Wildman–Crippen MR) is 84.0 cm³/mol. The Labute approximate surface area is 135 Å². The molecule has 6 nitrogen and oxygen atoms in total. The van der Waals surface area contributed by atoms with Crippen molar-refractivity contribution in [1.82, 2.24) is 4.98 Å². The summed E-state index contributed by atoms with van der Waals surface area (Å²) in [5.74, 6) is -0.748. The second-order valence-corrected chi connectivity index (χ2v) is 7.05. The van der Waals surface area contributed by atoms with Gasteiger partial charge in [-0.15, -0.1) is 23.1 Å².